The Morgan fingerprint density at radius 3 is 2.94 bits per heavy atom. The third-order valence-electron chi connectivity index (χ3n) is 7.51. The third kappa shape index (κ3) is 3.11. The molecule has 2 saturated heterocycles. The van der Waals surface area contributed by atoms with Crippen molar-refractivity contribution in [2.45, 2.75) is 6.04 Å². The monoisotopic (exact) mass is 485 g/mol. The summed E-state index contributed by atoms with van der Waals surface area (Å²) in [6, 6.07) is 9.35. The fraction of sp³-hybridized carbons (Fsp3) is 0.269. The highest BCUT2D eigenvalue weighted by Crippen LogP contribution is 2.41. The summed E-state index contributed by atoms with van der Waals surface area (Å²) in [5, 5.41) is 9.01. The fourth-order valence-electron chi connectivity index (χ4n) is 5.73. The highest BCUT2D eigenvalue weighted by Gasteiger charge is 2.31. The summed E-state index contributed by atoms with van der Waals surface area (Å²) in [6.07, 6.45) is 3.28. The first-order chi connectivity index (χ1) is 17.6. The number of pyridine rings is 2. The molecule has 2 aromatic carbocycles. The molecule has 2 fully saturated rings. The van der Waals surface area contributed by atoms with E-state index in [1.165, 1.54) is 6.07 Å². The van der Waals surface area contributed by atoms with E-state index in [0.29, 0.717) is 40.2 Å². The van der Waals surface area contributed by atoms with Crippen molar-refractivity contribution in [3.05, 3.63) is 58.9 Å². The molecule has 7 rings (SSSR count). The second-order valence-corrected chi connectivity index (χ2v) is 9.42. The van der Waals surface area contributed by atoms with E-state index in [4.69, 9.17) is 10.5 Å². The highest BCUT2D eigenvalue weighted by atomic mass is 19.1. The molecule has 4 N–H and O–H groups in total. The van der Waals surface area contributed by atoms with Crippen molar-refractivity contribution in [2.24, 2.45) is 0 Å². The van der Waals surface area contributed by atoms with Gasteiger partial charge in [0.05, 0.1) is 36.5 Å². The van der Waals surface area contributed by atoms with E-state index in [2.05, 4.69) is 36.0 Å². The van der Waals surface area contributed by atoms with E-state index in [-0.39, 0.29) is 11.2 Å². The first kappa shape index (κ1) is 21.3. The summed E-state index contributed by atoms with van der Waals surface area (Å²) in [6.45, 7) is 5.07. The number of benzene rings is 2. The van der Waals surface area contributed by atoms with Crippen LogP contribution in [0.5, 0.6) is 0 Å². The lowest BCUT2D eigenvalue weighted by Gasteiger charge is -2.44. The third-order valence-corrected chi connectivity index (χ3v) is 7.51. The minimum atomic E-state index is -0.417. The average Bonchev–Trinajstić information content (AvgIpc) is 3.41. The molecule has 3 aromatic heterocycles. The molecular weight excluding hydrogens is 461 g/mol. The van der Waals surface area contributed by atoms with E-state index in [9.17, 15) is 9.18 Å². The number of ether oxygens (including phenoxy) is 1. The van der Waals surface area contributed by atoms with Gasteiger partial charge in [-0.25, -0.2) is 4.39 Å². The molecule has 5 heterocycles. The van der Waals surface area contributed by atoms with Crippen molar-refractivity contribution >= 4 is 44.1 Å². The van der Waals surface area contributed by atoms with Crippen LogP contribution in [0.2, 0.25) is 0 Å². The van der Waals surface area contributed by atoms with Gasteiger partial charge in [-0.3, -0.25) is 19.8 Å². The van der Waals surface area contributed by atoms with Gasteiger partial charge in [0.15, 0.2) is 0 Å². The molecule has 1 atom stereocenters. The SMILES string of the molecule is Nc1c(-c2ccc(F)c3[nH]ncc23)c2cc(N3CCN4CCOC[C@@H]4C3)c3cccnc3c2[nH]c1=O. The van der Waals surface area contributed by atoms with E-state index < -0.39 is 11.4 Å². The molecule has 36 heavy (non-hydrogen) atoms. The number of piperazine rings is 1. The maximum atomic E-state index is 14.5. The number of halogens is 1. The predicted octanol–water partition coefficient (Wildman–Crippen LogP) is 2.86. The number of rotatable bonds is 2. The van der Waals surface area contributed by atoms with Gasteiger partial charge in [0.2, 0.25) is 0 Å². The Hall–Kier alpha value is -4.02. The van der Waals surface area contributed by atoms with Gasteiger partial charge < -0.3 is 20.4 Å². The molecule has 0 bridgehead atoms. The van der Waals surface area contributed by atoms with E-state index >= 15 is 0 Å². The number of nitrogen functional groups attached to an aromatic ring is 1. The van der Waals surface area contributed by atoms with Crippen LogP contribution in [-0.4, -0.2) is 70.5 Å². The number of hydrogen-bond donors (Lipinski definition) is 3. The lowest BCUT2D eigenvalue weighted by molar-refractivity contribution is -0.0116. The second-order valence-electron chi connectivity index (χ2n) is 9.42. The zero-order chi connectivity index (χ0) is 24.4. The minimum Gasteiger partial charge on any atom is -0.394 e. The maximum Gasteiger partial charge on any atom is 0.272 e. The van der Waals surface area contributed by atoms with Crippen LogP contribution in [0.25, 0.3) is 43.8 Å². The molecule has 0 amide bonds. The molecule has 9 nitrogen and oxygen atoms in total. The van der Waals surface area contributed by atoms with Gasteiger partial charge in [-0.15, -0.1) is 0 Å². The normalized spacial score (nSPS) is 18.8. The zero-order valence-electron chi connectivity index (χ0n) is 19.4. The van der Waals surface area contributed by atoms with Crippen molar-refractivity contribution in [1.29, 1.82) is 0 Å². The summed E-state index contributed by atoms with van der Waals surface area (Å²) in [4.78, 5) is 25.5. The summed E-state index contributed by atoms with van der Waals surface area (Å²) < 4.78 is 20.2. The van der Waals surface area contributed by atoms with Gasteiger partial charge in [-0.2, -0.15) is 5.10 Å². The smallest absolute Gasteiger partial charge is 0.272 e. The molecule has 2 aliphatic heterocycles. The van der Waals surface area contributed by atoms with Gasteiger partial charge in [0, 0.05) is 59.8 Å². The number of hydrogen-bond acceptors (Lipinski definition) is 7. The molecule has 10 heteroatoms. The van der Waals surface area contributed by atoms with Gasteiger partial charge in [0.1, 0.15) is 17.0 Å². The van der Waals surface area contributed by atoms with Gasteiger partial charge in [-0.1, -0.05) is 6.07 Å². The number of aromatic amines is 2. The number of nitrogens with zero attached hydrogens (tertiary/aromatic N) is 4. The fourth-order valence-corrected chi connectivity index (χ4v) is 5.73. The van der Waals surface area contributed by atoms with Crippen molar-refractivity contribution in [3.63, 3.8) is 0 Å². The van der Waals surface area contributed by atoms with Gasteiger partial charge in [0.25, 0.3) is 5.56 Å². The van der Waals surface area contributed by atoms with E-state index in [1.54, 1.807) is 18.5 Å². The molecule has 2 aliphatic rings. The Morgan fingerprint density at radius 1 is 1.11 bits per heavy atom. The van der Waals surface area contributed by atoms with Crippen LogP contribution in [0.4, 0.5) is 15.8 Å². The maximum absolute atomic E-state index is 14.5. The Bertz CT molecular complexity index is 1710. The van der Waals surface area contributed by atoms with Crippen molar-refractivity contribution in [2.75, 3.05) is 50.0 Å². The Morgan fingerprint density at radius 2 is 2.03 bits per heavy atom. The molecular formula is C26H24FN7O2. The number of nitrogens with one attached hydrogen (secondary N) is 2. The number of fused-ring (bicyclic) bond motifs is 5. The lowest BCUT2D eigenvalue weighted by Crippen LogP contribution is -2.58. The first-order valence-corrected chi connectivity index (χ1v) is 12.0. The quantitative estimate of drug-likeness (QED) is 0.329. The second kappa shape index (κ2) is 8.00. The lowest BCUT2D eigenvalue weighted by atomic mass is 9.94. The van der Waals surface area contributed by atoms with Gasteiger partial charge in [-0.05, 0) is 29.8 Å². The van der Waals surface area contributed by atoms with Crippen LogP contribution in [0.15, 0.2) is 47.5 Å². The molecule has 0 saturated carbocycles. The standard InChI is InChI=1S/C26H24FN7O2/c27-19-4-3-15(18-11-30-32-23(18)19)21-17-10-20(34-7-6-33-8-9-36-13-14(33)12-34)16-2-1-5-29-24(16)25(17)31-26(35)22(21)28/h1-5,10-11,14H,6-9,12-13,28H2,(H,30,32)(H,31,35)/t14-/m0/s1. The Kier molecular flexibility index (Phi) is 4.73. The average molecular weight is 486 g/mol. The van der Waals surface area contributed by atoms with Gasteiger partial charge >= 0.3 is 0 Å². The number of H-pyrrole nitrogens is 2. The molecule has 0 unspecified atom stereocenters. The minimum absolute atomic E-state index is 0.0725. The predicted molar refractivity (Wildman–Crippen MR) is 138 cm³/mol. The molecule has 182 valence electrons. The van der Waals surface area contributed by atoms with E-state index in [0.717, 1.165) is 49.2 Å². The summed E-state index contributed by atoms with van der Waals surface area (Å²) >= 11 is 0. The van der Waals surface area contributed by atoms with Crippen LogP contribution in [0.1, 0.15) is 0 Å². The zero-order valence-corrected chi connectivity index (χ0v) is 19.4. The Labute approximate surface area is 204 Å². The summed E-state index contributed by atoms with van der Waals surface area (Å²) in [7, 11) is 0. The first-order valence-electron chi connectivity index (χ1n) is 12.0. The van der Waals surface area contributed by atoms with Crippen LogP contribution in [0, 0.1) is 5.82 Å². The number of anilines is 2. The van der Waals surface area contributed by atoms with Crippen LogP contribution in [-0.2, 0) is 4.74 Å². The summed E-state index contributed by atoms with van der Waals surface area (Å²) in [5.41, 5.74) is 9.85. The van der Waals surface area contributed by atoms with Crippen molar-refractivity contribution in [1.82, 2.24) is 25.1 Å². The van der Waals surface area contributed by atoms with Crippen molar-refractivity contribution in [3.8, 4) is 11.1 Å². The number of aromatic nitrogens is 4. The molecule has 0 spiro atoms. The Balaban J connectivity index is 1.52. The number of morpholine rings is 1. The van der Waals surface area contributed by atoms with Crippen LogP contribution in [0.3, 0.4) is 0 Å². The topological polar surface area (TPSA) is 116 Å². The molecule has 0 radical (unpaired) electrons. The van der Waals surface area contributed by atoms with Crippen LogP contribution >= 0.6 is 0 Å². The van der Waals surface area contributed by atoms with Crippen molar-refractivity contribution < 1.29 is 9.13 Å². The highest BCUT2D eigenvalue weighted by molar-refractivity contribution is 6.17. The number of nitrogens with two attached hydrogens (primary N) is 1. The largest absolute Gasteiger partial charge is 0.394 e. The summed E-state index contributed by atoms with van der Waals surface area (Å²) in [5.74, 6) is -0.417. The van der Waals surface area contributed by atoms with E-state index in [1.807, 2.05) is 12.1 Å². The molecule has 0 aliphatic carbocycles. The van der Waals surface area contributed by atoms with Crippen LogP contribution < -0.4 is 16.2 Å². The molecule has 5 aromatic rings.